The van der Waals surface area contributed by atoms with Crippen LogP contribution in [-0.2, 0) is 6.54 Å². The standard InChI is InChI=1S/C12H11BrClNS/c1-8-2-3-9(13)6-11(8)15-7-10-4-5-12(14)16-10/h2-6,15H,7H2,1H3. The van der Waals surface area contributed by atoms with Gasteiger partial charge in [0.15, 0.2) is 0 Å². The molecule has 1 N–H and O–H groups in total. The van der Waals surface area contributed by atoms with E-state index in [0.717, 1.165) is 21.0 Å². The maximum atomic E-state index is 5.88. The van der Waals surface area contributed by atoms with E-state index in [0.29, 0.717) is 0 Å². The van der Waals surface area contributed by atoms with E-state index < -0.39 is 0 Å². The summed E-state index contributed by atoms with van der Waals surface area (Å²) in [6.45, 7) is 2.91. The molecule has 0 aliphatic heterocycles. The number of aryl methyl sites for hydroxylation is 1. The molecule has 2 rings (SSSR count). The van der Waals surface area contributed by atoms with Gasteiger partial charge in [0.2, 0.25) is 0 Å². The molecule has 1 aromatic carbocycles. The number of anilines is 1. The van der Waals surface area contributed by atoms with Crippen molar-refractivity contribution in [1.29, 1.82) is 0 Å². The van der Waals surface area contributed by atoms with Crippen LogP contribution in [0.15, 0.2) is 34.8 Å². The highest BCUT2D eigenvalue weighted by molar-refractivity contribution is 9.10. The van der Waals surface area contributed by atoms with Gasteiger partial charge < -0.3 is 5.32 Å². The van der Waals surface area contributed by atoms with Crippen molar-refractivity contribution >= 4 is 44.6 Å². The number of benzene rings is 1. The quantitative estimate of drug-likeness (QED) is 0.832. The molecule has 0 spiro atoms. The predicted octanol–water partition coefficient (Wildman–Crippen LogP) is 5.08. The van der Waals surface area contributed by atoms with E-state index in [-0.39, 0.29) is 0 Å². The van der Waals surface area contributed by atoms with Crippen molar-refractivity contribution in [3.05, 3.63) is 49.6 Å². The highest BCUT2D eigenvalue weighted by atomic mass is 79.9. The van der Waals surface area contributed by atoms with Crippen LogP contribution in [0.25, 0.3) is 0 Å². The second-order valence-electron chi connectivity index (χ2n) is 3.52. The van der Waals surface area contributed by atoms with Gasteiger partial charge in [0.05, 0.1) is 4.34 Å². The van der Waals surface area contributed by atoms with Crippen molar-refractivity contribution in [3.63, 3.8) is 0 Å². The molecular formula is C12H11BrClNS. The van der Waals surface area contributed by atoms with Crippen molar-refractivity contribution in [1.82, 2.24) is 0 Å². The number of halogens is 2. The molecule has 0 saturated heterocycles. The maximum absolute atomic E-state index is 5.88. The minimum Gasteiger partial charge on any atom is -0.380 e. The molecule has 0 aliphatic rings. The van der Waals surface area contributed by atoms with Crippen LogP contribution in [0.4, 0.5) is 5.69 Å². The molecule has 0 radical (unpaired) electrons. The van der Waals surface area contributed by atoms with Gasteiger partial charge in [-0.25, -0.2) is 0 Å². The summed E-state index contributed by atoms with van der Waals surface area (Å²) in [5.41, 5.74) is 2.39. The lowest BCUT2D eigenvalue weighted by Gasteiger charge is -2.08. The summed E-state index contributed by atoms with van der Waals surface area (Å²) in [5.74, 6) is 0. The largest absolute Gasteiger partial charge is 0.380 e. The van der Waals surface area contributed by atoms with Gasteiger partial charge in [0.1, 0.15) is 0 Å². The first-order valence-corrected chi connectivity index (χ1v) is 6.88. The van der Waals surface area contributed by atoms with Gasteiger partial charge in [-0.3, -0.25) is 0 Å². The van der Waals surface area contributed by atoms with Crippen molar-refractivity contribution in [2.45, 2.75) is 13.5 Å². The van der Waals surface area contributed by atoms with Gasteiger partial charge >= 0.3 is 0 Å². The summed E-state index contributed by atoms with van der Waals surface area (Å²) in [4.78, 5) is 1.24. The maximum Gasteiger partial charge on any atom is 0.0931 e. The Balaban J connectivity index is 2.07. The second kappa shape index (κ2) is 5.21. The number of hydrogen-bond acceptors (Lipinski definition) is 2. The molecular weight excluding hydrogens is 306 g/mol. The van der Waals surface area contributed by atoms with Gasteiger partial charge in [-0.05, 0) is 36.8 Å². The molecule has 1 nitrogen and oxygen atoms in total. The zero-order chi connectivity index (χ0) is 11.5. The molecule has 0 saturated carbocycles. The SMILES string of the molecule is Cc1ccc(Br)cc1NCc1ccc(Cl)s1. The minimum atomic E-state index is 0.814. The number of nitrogens with one attached hydrogen (secondary N) is 1. The fourth-order valence-electron chi connectivity index (χ4n) is 1.41. The van der Waals surface area contributed by atoms with Crippen LogP contribution in [0.1, 0.15) is 10.4 Å². The molecule has 84 valence electrons. The Morgan fingerprint density at radius 1 is 1.31 bits per heavy atom. The van der Waals surface area contributed by atoms with Crippen LogP contribution in [0.3, 0.4) is 0 Å². The third kappa shape index (κ3) is 3.00. The smallest absolute Gasteiger partial charge is 0.0931 e. The number of hydrogen-bond donors (Lipinski definition) is 1. The Kier molecular flexibility index (Phi) is 3.90. The molecule has 0 atom stereocenters. The van der Waals surface area contributed by atoms with E-state index in [1.165, 1.54) is 10.4 Å². The summed E-state index contributed by atoms with van der Waals surface area (Å²) in [5, 5.41) is 3.41. The van der Waals surface area contributed by atoms with Crippen LogP contribution < -0.4 is 5.32 Å². The average molecular weight is 317 g/mol. The van der Waals surface area contributed by atoms with Gasteiger partial charge in [0, 0.05) is 21.6 Å². The van der Waals surface area contributed by atoms with Crippen LogP contribution in [-0.4, -0.2) is 0 Å². The highest BCUT2D eigenvalue weighted by Gasteiger charge is 2.01. The van der Waals surface area contributed by atoms with Crippen molar-refractivity contribution in [2.24, 2.45) is 0 Å². The van der Waals surface area contributed by atoms with Crippen molar-refractivity contribution < 1.29 is 0 Å². The van der Waals surface area contributed by atoms with Crippen LogP contribution in [0.2, 0.25) is 4.34 Å². The third-order valence-electron chi connectivity index (χ3n) is 2.28. The molecule has 1 aromatic heterocycles. The number of rotatable bonds is 3. The monoisotopic (exact) mass is 315 g/mol. The third-order valence-corrected chi connectivity index (χ3v) is 4.01. The Labute approximate surface area is 113 Å². The fourth-order valence-corrected chi connectivity index (χ4v) is 2.80. The van der Waals surface area contributed by atoms with E-state index in [1.807, 2.05) is 18.2 Å². The average Bonchev–Trinajstić information content (AvgIpc) is 2.66. The zero-order valence-corrected chi connectivity index (χ0v) is 11.9. The predicted molar refractivity (Wildman–Crippen MR) is 75.5 cm³/mol. The van der Waals surface area contributed by atoms with E-state index in [1.54, 1.807) is 11.3 Å². The lowest BCUT2D eigenvalue weighted by atomic mass is 10.2. The molecule has 0 fully saturated rings. The molecule has 16 heavy (non-hydrogen) atoms. The van der Waals surface area contributed by atoms with Crippen molar-refractivity contribution in [2.75, 3.05) is 5.32 Å². The van der Waals surface area contributed by atoms with E-state index in [9.17, 15) is 0 Å². The van der Waals surface area contributed by atoms with Gasteiger partial charge in [-0.2, -0.15) is 0 Å². The Morgan fingerprint density at radius 2 is 2.12 bits per heavy atom. The zero-order valence-electron chi connectivity index (χ0n) is 8.76. The summed E-state index contributed by atoms with van der Waals surface area (Å²) < 4.78 is 1.92. The van der Waals surface area contributed by atoms with Crippen molar-refractivity contribution in [3.8, 4) is 0 Å². The lowest BCUT2D eigenvalue weighted by Crippen LogP contribution is -1.99. The Bertz CT molecular complexity index is 496. The van der Waals surface area contributed by atoms with Gasteiger partial charge in [0.25, 0.3) is 0 Å². The van der Waals surface area contributed by atoms with Gasteiger partial charge in [-0.15, -0.1) is 11.3 Å². The molecule has 2 aromatic rings. The summed E-state index contributed by atoms with van der Waals surface area (Å²) in [6, 6.07) is 10.2. The van der Waals surface area contributed by atoms with E-state index >= 15 is 0 Å². The molecule has 1 heterocycles. The van der Waals surface area contributed by atoms with Crippen LogP contribution in [0.5, 0.6) is 0 Å². The lowest BCUT2D eigenvalue weighted by molar-refractivity contribution is 1.18. The normalized spacial score (nSPS) is 10.4. The molecule has 0 amide bonds. The summed E-state index contributed by atoms with van der Waals surface area (Å²) in [6.07, 6.45) is 0. The fraction of sp³-hybridized carbons (Fsp3) is 0.167. The Hall–Kier alpha value is -0.510. The van der Waals surface area contributed by atoms with Crippen LogP contribution >= 0.6 is 38.9 Å². The molecule has 0 aliphatic carbocycles. The van der Waals surface area contributed by atoms with E-state index in [4.69, 9.17) is 11.6 Å². The van der Waals surface area contributed by atoms with E-state index in [2.05, 4.69) is 40.3 Å². The molecule has 0 unspecified atom stereocenters. The number of thiophene rings is 1. The van der Waals surface area contributed by atoms with Crippen LogP contribution in [0, 0.1) is 6.92 Å². The summed E-state index contributed by atoms with van der Waals surface area (Å²) >= 11 is 11.0. The molecule has 4 heteroatoms. The Morgan fingerprint density at radius 3 is 2.81 bits per heavy atom. The first-order chi connectivity index (χ1) is 7.65. The summed E-state index contributed by atoms with van der Waals surface area (Å²) in [7, 11) is 0. The first-order valence-electron chi connectivity index (χ1n) is 4.89. The highest BCUT2D eigenvalue weighted by Crippen LogP contribution is 2.24. The second-order valence-corrected chi connectivity index (χ2v) is 6.23. The van der Waals surface area contributed by atoms with Gasteiger partial charge in [-0.1, -0.05) is 33.6 Å². The minimum absolute atomic E-state index is 0.814. The molecule has 0 bridgehead atoms. The topological polar surface area (TPSA) is 12.0 Å². The first kappa shape index (κ1) is 12.0.